The normalized spacial score (nSPS) is 11.2. The summed E-state index contributed by atoms with van der Waals surface area (Å²) < 4.78 is 0.968. The fourth-order valence-corrected chi connectivity index (χ4v) is 3.53. The van der Waals surface area contributed by atoms with Gasteiger partial charge in [-0.1, -0.05) is 91.3 Å². The Balaban J connectivity index is 2.00. The highest BCUT2D eigenvalue weighted by Gasteiger charge is 2.20. The summed E-state index contributed by atoms with van der Waals surface area (Å²) in [7, 11) is 0. The van der Waals surface area contributed by atoms with Gasteiger partial charge in [0.2, 0.25) is 0 Å². The van der Waals surface area contributed by atoms with Crippen molar-refractivity contribution in [3.8, 4) is 11.1 Å². The average molecular weight is 408 g/mol. The van der Waals surface area contributed by atoms with Crippen molar-refractivity contribution in [1.29, 1.82) is 0 Å². The molecule has 0 bridgehead atoms. The second-order valence-electron chi connectivity index (χ2n) is 7.28. The maximum atomic E-state index is 13.1. The molecule has 3 heteroatoms. The second-order valence-corrected chi connectivity index (χ2v) is 8.13. The molecule has 0 spiro atoms. The van der Waals surface area contributed by atoms with Crippen LogP contribution in [0.5, 0.6) is 0 Å². The van der Waals surface area contributed by atoms with Crippen molar-refractivity contribution in [2.24, 2.45) is 0 Å². The standard InChI is InChI=1S/C23H22BrNO/c1-23(2,3)19-13-7-9-15-21(19)25-22(26)18-12-5-4-10-16(18)17-11-6-8-14-20(17)24/h4-15H,1-3H3,(H,25,26). The molecule has 0 saturated carbocycles. The highest BCUT2D eigenvalue weighted by molar-refractivity contribution is 9.10. The molecule has 1 N–H and O–H groups in total. The highest BCUT2D eigenvalue weighted by Crippen LogP contribution is 2.32. The van der Waals surface area contributed by atoms with Crippen LogP contribution in [-0.4, -0.2) is 5.91 Å². The Morgan fingerprint density at radius 2 is 1.38 bits per heavy atom. The van der Waals surface area contributed by atoms with Crippen molar-refractivity contribution in [2.75, 3.05) is 5.32 Å². The minimum Gasteiger partial charge on any atom is -0.322 e. The molecule has 26 heavy (non-hydrogen) atoms. The quantitative estimate of drug-likeness (QED) is 0.516. The van der Waals surface area contributed by atoms with Crippen LogP contribution in [0.4, 0.5) is 5.69 Å². The molecule has 0 atom stereocenters. The predicted molar refractivity (Wildman–Crippen MR) is 113 cm³/mol. The van der Waals surface area contributed by atoms with Crippen molar-refractivity contribution in [2.45, 2.75) is 26.2 Å². The van der Waals surface area contributed by atoms with Crippen LogP contribution >= 0.6 is 15.9 Å². The minimum atomic E-state index is -0.104. The number of anilines is 1. The van der Waals surface area contributed by atoms with Crippen LogP contribution in [0.3, 0.4) is 0 Å². The van der Waals surface area contributed by atoms with Crippen LogP contribution in [-0.2, 0) is 5.41 Å². The lowest BCUT2D eigenvalue weighted by atomic mass is 9.85. The summed E-state index contributed by atoms with van der Waals surface area (Å²) >= 11 is 3.59. The lowest BCUT2D eigenvalue weighted by Gasteiger charge is -2.23. The summed E-state index contributed by atoms with van der Waals surface area (Å²) in [4.78, 5) is 13.1. The number of carbonyl (C=O) groups is 1. The van der Waals surface area contributed by atoms with Crippen molar-refractivity contribution < 1.29 is 4.79 Å². The smallest absolute Gasteiger partial charge is 0.256 e. The van der Waals surface area contributed by atoms with Gasteiger partial charge in [-0.05, 0) is 40.3 Å². The molecule has 0 aliphatic heterocycles. The number of hydrogen-bond acceptors (Lipinski definition) is 1. The van der Waals surface area contributed by atoms with Gasteiger partial charge in [0.05, 0.1) is 0 Å². The average Bonchev–Trinajstić information content (AvgIpc) is 2.62. The first kappa shape index (κ1) is 18.4. The first-order valence-corrected chi connectivity index (χ1v) is 9.42. The predicted octanol–water partition coefficient (Wildman–Crippen LogP) is 6.67. The molecule has 3 aromatic carbocycles. The Hall–Kier alpha value is -2.39. The zero-order valence-corrected chi connectivity index (χ0v) is 16.8. The van der Waals surface area contributed by atoms with Gasteiger partial charge >= 0.3 is 0 Å². The maximum Gasteiger partial charge on any atom is 0.256 e. The molecule has 0 fully saturated rings. The van der Waals surface area contributed by atoms with Crippen LogP contribution in [0.1, 0.15) is 36.7 Å². The third-order valence-electron chi connectivity index (χ3n) is 4.32. The third-order valence-corrected chi connectivity index (χ3v) is 5.01. The van der Waals surface area contributed by atoms with Gasteiger partial charge in [-0.15, -0.1) is 0 Å². The number of benzene rings is 3. The molecule has 0 saturated heterocycles. The van der Waals surface area contributed by atoms with Gasteiger partial charge in [0.1, 0.15) is 0 Å². The van der Waals surface area contributed by atoms with E-state index in [2.05, 4.69) is 48.1 Å². The van der Waals surface area contributed by atoms with E-state index in [1.54, 1.807) is 0 Å². The van der Waals surface area contributed by atoms with Crippen molar-refractivity contribution in [3.05, 3.63) is 88.4 Å². The van der Waals surface area contributed by atoms with E-state index in [1.807, 2.05) is 66.7 Å². The summed E-state index contributed by atoms with van der Waals surface area (Å²) in [6.45, 7) is 6.44. The van der Waals surface area contributed by atoms with Gasteiger partial charge in [0, 0.05) is 15.7 Å². The Kier molecular flexibility index (Phi) is 5.28. The fourth-order valence-electron chi connectivity index (χ4n) is 3.03. The lowest BCUT2D eigenvalue weighted by molar-refractivity contribution is 0.102. The largest absolute Gasteiger partial charge is 0.322 e. The van der Waals surface area contributed by atoms with Gasteiger partial charge < -0.3 is 5.32 Å². The van der Waals surface area contributed by atoms with Crippen LogP contribution < -0.4 is 5.32 Å². The molecule has 132 valence electrons. The first-order chi connectivity index (χ1) is 12.4. The van der Waals surface area contributed by atoms with E-state index >= 15 is 0 Å². The van der Waals surface area contributed by atoms with E-state index < -0.39 is 0 Å². The van der Waals surface area contributed by atoms with Gasteiger partial charge in [0.15, 0.2) is 0 Å². The molecule has 0 radical (unpaired) electrons. The van der Waals surface area contributed by atoms with Gasteiger partial charge in [0.25, 0.3) is 5.91 Å². The van der Waals surface area contributed by atoms with E-state index in [0.717, 1.165) is 26.9 Å². The molecule has 0 aliphatic carbocycles. The molecule has 0 heterocycles. The number of rotatable bonds is 3. The number of hydrogen-bond donors (Lipinski definition) is 1. The van der Waals surface area contributed by atoms with E-state index in [0.29, 0.717) is 5.56 Å². The summed E-state index contributed by atoms with van der Waals surface area (Å²) in [5, 5.41) is 3.11. The summed E-state index contributed by atoms with van der Waals surface area (Å²) in [5.41, 5.74) is 4.49. The number of halogens is 1. The van der Waals surface area contributed by atoms with Crippen molar-refractivity contribution in [1.82, 2.24) is 0 Å². The van der Waals surface area contributed by atoms with Gasteiger partial charge in [-0.3, -0.25) is 4.79 Å². The van der Waals surface area contributed by atoms with Crippen LogP contribution in [0.15, 0.2) is 77.3 Å². The molecule has 0 unspecified atom stereocenters. The Morgan fingerprint density at radius 3 is 2.08 bits per heavy atom. The van der Waals surface area contributed by atoms with Crippen LogP contribution in [0.2, 0.25) is 0 Å². The Bertz CT molecular complexity index is 941. The summed E-state index contributed by atoms with van der Waals surface area (Å²) in [5.74, 6) is -0.104. The van der Waals surface area contributed by atoms with Crippen molar-refractivity contribution >= 4 is 27.5 Å². The van der Waals surface area contributed by atoms with E-state index in [-0.39, 0.29) is 11.3 Å². The van der Waals surface area contributed by atoms with Gasteiger partial charge in [-0.2, -0.15) is 0 Å². The van der Waals surface area contributed by atoms with E-state index in [9.17, 15) is 4.79 Å². The first-order valence-electron chi connectivity index (χ1n) is 8.63. The third kappa shape index (κ3) is 3.88. The number of para-hydroxylation sites is 1. The number of carbonyl (C=O) groups excluding carboxylic acids is 1. The Morgan fingerprint density at radius 1 is 0.808 bits per heavy atom. The van der Waals surface area contributed by atoms with Crippen LogP contribution in [0, 0.1) is 0 Å². The molecule has 0 aromatic heterocycles. The highest BCUT2D eigenvalue weighted by atomic mass is 79.9. The topological polar surface area (TPSA) is 29.1 Å². The lowest BCUT2D eigenvalue weighted by Crippen LogP contribution is -2.19. The zero-order valence-electron chi connectivity index (χ0n) is 15.2. The summed E-state index contributed by atoms with van der Waals surface area (Å²) in [6, 6.07) is 23.6. The fraction of sp³-hybridized carbons (Fsp3) is 0.174. The molecule has 1 amide bonds. The Labute approximate surface area is 163 Å². The molecule has 0 aliphatic rings. The maximum absolute atomic E-state index is 13.1. The SMILES string of the molecule is CC(C)(C)c1ccccc1NC(=O)c1ccccc1-c1ccccc1Br. The monoisotopic (exact) mass is 407 g/mol. The molecular formula is C23H22BrNO. The van der Waals surface area contributed by atoms with Crippen LogP contribution in [0.25, 0.3) is 11.1 Å². The zero-order chi connectivity index (χ0) is 18.7. The number of amides is 1. The molecular weight excluding hydrogens is 386 g/mol. The second kappa shape index (κ2) is 7.46. The summed E-state index contributed by atoms with van der Waals surface area (Å²) in [6.07, 6.45) is 0. The van der Waals surface area contributed by atoms with E-state index in [1.165, 1.54) is 0 Å². The number of nitrogens with one attached hydrogen (secondary N) is 1. The molecule has 2 nitrogen and oxygen atoms in total. The van der Waals surface area contributed by atoms with E-state index in [4.69, 9.17) is 0 Å². The van der Waals surface area contributed by atoms with Crippen molar-refractivity contribution in [3.63, 3.8) is 0 Å². The molecule has 3 aromatic rings. The molecule has 3 rings (SSSR count). The van der Waals surface area contributed by atoms with Gasteiger partial charge in [-0.25, -0.2) is 0 Å². The minimum absolute atomic E-state index is 0.0498.